The summed E-state index contributed by atoms with van der Waals surface area (Å²) >= 11 is 0. The van der Waals surface area contributed by atoms with E-state index in [9.17, 15) is 4.79 Å². The van der Waals surface area contributed by atoms with E-state index >= 15 is 0 Å². The topological polar surface area (TPSA) is 44.4 Å². The third-order valence-electron chi connectivity index (χ3n) is 7.12. The summed E-state index contributed by atoms with van der Waals surface area (Å²) < 4.78 is 0. The largest absolute Gasteiger partial charge is 0.351 e. The zero-order valence-corrected chi connectivity index (χ0v) is 19.6. The molecule has 3 aliphatic rings. The van der Waals surface area contributed by atoms with E-state index in [1.165, 1.54) is 11.1 Å². The Balaban J connectivity index is 0.00000150. The number of fused-ring (bicyclic) bond motifs is 1. The predicted molar refractivity (Wildman–Crippen MR) is 124 cm³/mol. The molecule has 1 aromatic rings. The van der Waals surface area contributed by atoms with Crippen molar-refractivity contribution in [2.24, 2.45) is 16.7 Å². The Morgan fingerprint density at radius 1 is 1.21 bits per heavy atom. The first kappa shape index (κ1) is 24.5. The second-order valence-electron chi connectivity index (χ2n) is 10.1. The highest BCUT2D eigenvalue weighted by molar-refractivity contribution is 5.85. The van der Waals surface area contributed by atoms with E-state index in [1.807, 2.05) is 0 Å². The molecular weight excluding hydrogens is 405 g/mol. The van der Waals surface area contributed by atoms with E-state index in [1.54, 1.807) is 0 Å². The van der Waals surface area contributed by atoms with Crippen molar-refractivity contribution in [2.45, 2.75) is 59.0 Å². The second kappa shape index (κ2) is 9.55. The molecule has 1 saturated heterocycles. The molecule has 1 amide bonds. The summed E-state index contributed by atoms with van der Waals surface area (Å²) in [6, 6.07) is 8.96. The quantitative estimate of drug-likeness (QED) is 0.746. The number of nitrogens with zero attached hydrogens (tertiary/aromatic N) is 1. The van der Waals surface area contributed by atoms with Crippen molar-refractivity contribution < 1.29 is 4.79 Å². The normalized spacial score (nSPS) is 23.9. The average Bonchev–Trinajstić information content (AvgIpc) is 3.34. The van der Waals surface area contributed by atoms with E-state index in [0.29, 0.717) is 11.3 Å². The van der Waals surface area contributed by atoms with E-state index in [4.69, 9.17) is 0 Å². The van der Waals surface area contributed by atoms with Crippen LogP contribution < -0.4 is 10.6 Å². The molecule has 2 N–H and O–H groups in total. The van der Waals surface area contributed by atoms with E-state index < -0.39 is 0 Å². The lowest BCUT2D eigenvalue weighted by atomic mass is 9.85. The molecule has 1 spiro atoms. The first-order valence-corrected chi connectivity index (χ1v) is 10.7. The number of rotatable bonds is 4. The Bertz CT molecular complexity index is 698. The highest BCUT2D eigenvalue weighted by atomic mass is 35.5. The molecule has 2 fully saturated rings. The standard InChI is InChI=1S/C23H35N3O.2ClH/c1-22(2,3)20(16-26-13-8-17-6-4-5-7-18(17)15-26)25-21(27)19-14-23(19)9-11-24-12-10-23;;/h4-7,19-20,24H,8-16H2,1-3H3,(H,25,27);2*1H. The number of halogens is 2. The average molecular weight is 442 g/mol. The van der Waals surface area contributed by atoms with E-state index in [-0.39, 0.29) is 42.2 Å². The van der Waals surface area contributed by atoms with Crippen LogP contribution in [0.5, 0.6) is 0 Å². The second-order valence-corrected chi connectivity index (χ2v) is 10.1. The van der Waals surface area contributed by atoms with Crippen molar-refractivity contribution in [3.05, 3.63) is 35.4 Å². The van der Waals surface area contributed by atoms with Crippen molar-refractivity contribution in [1.82, 2.24) is 15.5 Å². The number of carbonyl (C=O) groups excluding carboxylic acids is 1. The zero-order valence-electron chi connectivity index (χ0n) is 18.0. The van der Waals surface area contributed by atoms with Gasteiger partial charge in [-0.3, -0.25) is 9.69 Å². The van der Waals surface area contributed by atoms with Crippen LogP contribution in [0.2, 0.25) is 0 Å². The number of benzene rings is 1. The molecule has 2 atom stereocenters. The molecule has 1 saturated carbocycles. The molecule has 4 rings (SSSR count). The van der Waals surface area contributed by atoms with Crippen molar-refractivity contribution in [1.29, 1.82) is 0 Å². The molecule has 29 heavy (non-hydrogen) atoms. The highest BCUT2D eigenvalue weighted by Gasteiger charge is 2.58. The Labute approximate surface area is 188 Å². The van der Waals surface area contributed by atoms with Crippen LogP contribution in [0.1, 0.15) is 51.2 Å². The van der Waals surface area contributed by atoms with Gasteiger partial charge in [-0.1, -0.05) is 45.0 Å². The summed E-state index contributed by atoms with van der Waals surface area (Å²) in [6.07, 6.45) is 4.52. The van der Waals surface area contributed by atoms with Crippen molar-refractivity contribution in [3.63, 3.8) is 0 Å². The summed E-state index contributed by atoms with van der Waals surface area (Å²) in [4.78, 5) is 15.5. The van der Waals surface area contributed by atoms with Gasteiger partial charge in [0.1, 0.15) is 0 Å². The maximum atomic E-state index is 13.0. The molecule has 1 aliphatic carbocycles. The number of hydrogen-bond acceptors (Lipinski definition) is 3. The third-order valence-corrected chi connectivity index (χ3v) is 7.12. The lowest BCUT2D eigenvalue weighted by molar-refractivity contribution is -0.125. The number of nitrogens with one attached hydrogen (secondary N) is 2. The smallest absolute Gasteiger partial charge is 0.223 e. The van der Waals surface area contributed by atoms with Gasteiger partial charge >= 0.3 is 0 Å². The minimum atomic E-state index is 0. The molecule has 2 unspecified atom stereocenters. The SMILES string of the molecule is CC(C)(C)C(CN1CCc2ccccc2C1)NC(=O)C1CC12CCNCC2.Cl.Cl. The first-order valence-electron chi connectivity index (χ1n) is 10.7. The molecule has 1 aromatic carbocycles. The van der Waals surface area contributed by atoms with Gasteiger partial charge in [-0.05, 0) is 60.7 Å². The van der Waals surface area contributed by atoms with Gasteiger partial charge in [0, 0.05) is 31.6 Å². The Hall–Kier alpha value is -0.810. The lowest BCUT2D eigenvalue weighted by Crippen LogP contribution is -2.52. The number of carbonyl (C=O) groups is 1. The zero-order chi connectivity index (χ0) is 19.1. The molecule has 4 nitrogen and oxygen atoms in total. The highest BCUT2D eigenvalue weighted by Crippen LogP contribution is 2.58. The van der Waals surface area contributed by atoms with Crippen LogP contribution in [0, 0.1) is 16.7 Å². The van der Waals surface area contributed by atoms with Crippen LogP contribution in [0.3, 0.4) is 0 Å². The summed E-state index contributed by atoms with van der Waals surface area (Å²) in [5, 5.41) is 6.89. The fourth-order valence-electron chi connectivity index (χ4n) is 4.97. The van der Waals surface area contributed by atoms with Gasteiger partial charge in [0.2, 0.25) is 5.91 Å². The number of piperidine rings is 1. The summed E-state index contributed by atoms with van der Waals surface area (Å²) in [6.45, 7) is 11.9. The molecule has 0 aromatic heterocycles. The molecule has 164 valence electrons. The molecule has 2 heterocycles. The fraction of sp³-hybridized carbons (Fsp3) is 0.696. The molecule has 2 aliphatic heterocycles. The van der Waals surface area contributed by atoms with Crippen LogP contribution in [0.25, 0.3) is 0 Å². The van der Waals surface area contributed by atoms with Gasteiger partial charge in [0.15, 0.2) is 0 Å². The third kappa shape index (κ3) is 5.46. The molecule has 6 heteroatoms. The number of hydrogen-bond donors (Lipinski definition) is 2. The maximum absolute atomic E-state index is 13.0. The van der Waals surface area contributed by atoms with Gasteiger partial charge in [-0.2, -0.15) is 0 Å². The van der Waals surface area contributed by atoms with Crippen LogP contribution in [0.15, 0.2) is 24.3 Å². The summed E-state index contributed by atoms with van der Waals surface area (Å²) in [7, 11) is 0. The fourth-order valence-corrected chi connectivity index (χ4v) is 4.97. The van der Waals surface area contributed by atoms with Crippen LogP contribution in [0.4, 0.5) is 0 Å². The lowest BCUT2D eigenvalue weighted by Gasteiger charge is -2.38. The molecular formula is C23H37Cl2N3O. The summed E-state index contributed by atoms with van der Waals surface area (Å²) in [5.41, 5.74) is 3.29. The monoisotopic (exact) mass is 441 g/mol. The minimum Gasteiger partial charge on any atom is -0.351 e. The Morgan fingerprint density at radius 3 is 2.52 bits per heavy atom. The Morgan fingerprint density at radius 2 is 1.86 bits per heavy atom. The molecule has 0 bridgehead atoms. The van der Waals surface area contributed by atoms with Crippen molar-refractivity contribution >= 4 is 30.7 Å². The summed E-state index contributed by atoms with van der Waals surface area (Å²) in [5.74, 6) is 0.542. The van der Waals surface area contributed by atoms with Crippen LogP contribution in [-0.2, 0) is 17.8 Å². The van der Waals surface area contributed by atoms with Gasteiger partial charge in [0.05, 0.1) is 0 Å². The maximum Gasteiger partial charge on any atom is 0.223 e. The van der Waals surface area contributed by atoms with Crippen molar-refractivity contribution in [2.75, 3.05) is 26.2 Å². The first-order chi connectivity index (χ1) is 12.9. The van der Waals surface area contributed by atoms with Gasteiger partial charge in [-0.15, -0.1) is 24.8 Å². The van der Waals surface area contributed by atoms with Gasteiger partial charge in [0.25, 0.3) is 0 Å². The van der Waals surface area contributed by atoms with Crippen LogP contribution in [-0.4, -0.2) is 43.0 Å². The Kier molecular flexibility index (Phi) is 8.06. The molecule has 0 radical (unpaired) electrons. The van der Waals surface area contributed by atoms with Gasteiger partial charge < -0.3 is 10.6 Å². The van der Waals surface area contributed by atoms with E-state index in [0.717, 1.165) is 58.4 Å². The number of amides is 1. The van der Waals surface area contributed by atoms with Crippen LogP contribution >= 0.6 is 24.8 Å². The van der Waals surface area contributed by atoms with E-state index in [2.05, 4.69) is 60.6 Å². The van der Waals surface area contributed by atoms with Gasteiger partial charge in [-0.25, -0.2) is 0 Å². The minimum absolute atomic E-state index is 0. The van der Waals surface area contributed by atoms with Crippen molar-refractivity contribution in [3.8, 4) is 0 Å². The predicted octanol–water partition coefficient (Wildman–Crippen LogP) is 3.81.